The van der Waals surface area contributed by atoms with Gasteiger partial charge in [0.25, 0.3) is 0 Å². The summed E-state index contributed by atoms with van der Waals surface area (Å²) in [5.41, 5.74) is 16.3. The standard InChI is InChI=1S/2C57H34Br4N2O10.CH4.2BrH/c2*58-38-21-32(22-39(59)52(38)62-42-17-19-44(64)50-48(42)54(68)34-5-1-3-7-36(34)56(50)70)30-13-9-28(10-14-30)26-72-46(66)25-47(67)73-27-29-11-15-31(16-12-29)33-23-40(60)53(41(61)24-33)63-43-18-20-45(65)51-49(43)55(69)35-6-2-4-8-37(35)57(51)71;;;/h2*1-24,62-65H,25-27H2;1H4;2*1H. The highest BCUT2D eigenvalue weighted by atomic mass is 79.9. The maximum atomic E-state index is 13.6. The SMILES string of the molecule is C.O=C(CC(=O)OCc1ccc(-c2cc(Br)c(Nc3ccc(O)c4c3C(=O)c3ccccc3C4=O)c(Br)c2)cc1)OCc1ccc(-c2cc(Br)c(Nc3ccc(O)c4c3C(=O)c3ccccc3C4=O)c(Br)c2)cc1.O=C(CC(=O)OCc1ccc(-c2cc(Br)c([NH2+]c3ccc(O)c4c3C(=O)c3ccccc3C4=O)c(Br)c2)cc1)OCc1ccc(-c2cc(Br)c([NH2+]c3ccc(O)c4c3C(=O)c3ccccc3C4=O)c(Br)c2)cc1.[Br-].[Br-]. The van der Waals surface area contributed by atoms with Crippen molar-refractivity contribution in [2.75, 3.05) is 10.6 Å². The third-order valence-electron chi connectivity index (χ3n) is 25.0. The Morgan fingerprint density at radius 2 is 0.436 bits per heavy atom. The van der Waals surface area contributed by atoms with Gasteiger partial charge in [0.2, 0.25) is 11.6 Å². The number of carbonyl (C=O) groups is 12. The van der Waals surface area contributed by atoms with Gasteiger partial charge in [0.05, 0.1) is 85.1 Å². The van der Waals surface area contributed by atoms with Crippen LogP contribution >= 0.6 is 127 Å². The first kappa shape index (κ1) is 108. The number of phenolic OH excluding ortho intramolecular Hbond substituents is 4. The lowest BCUT2D eigenvalue weighted by molar-refractivity contribution is -0.480. The fraction of sp³-hybridized carbons (Fsp3) is 0.0609. The summed E-state index contributed by atoms with van der Waals surface area (Å²) in [7, 11) is 0. The molecule has 0 aromatic heterocycles. The third-order valence-corrected chi connectivity index (χ3v) is 30.1. The van der Waals surface area contributed by atoms with E-state index in [4.69, 9.17) is 18.9 Å². The van der Waals surface area contributed by atoms with E-state index in [1.165, 1.54) is 24.3 Å². The molecule has 4 aliphatic carbocycles. The molecule has 0 fully saturated rings. The molecule has 16 aromatic rings. The van der Waals surface area contributed by atoms with E-state index in [1.54, 1.807) is 156 Å². The first-order valence-corrected chi connectivity index (χ1v) is 51.0. The van der Waals surface area contributed by atoms with Crippen molar-refractivity contribution in [3.05, 3.63) is 438 Å². The summed E-state index contributed by atoms with van der Waals surface area (Å²) in [6.45, 7) is -0.246. The second kappa shape index (κ2) is 45.8. The van der Waals surface area contributed by atoms with Crippen molar-refractivity contribution in [3.8, 4) is 67.5 Å². The normalized spacial score (nSPS) is 12.1. The van der Waals surface area contributed by atoms with Crippen molar-refractivity contribution in [1.29, 1.82) is 0 Å². The zero-order valence-corrected chi connectivity index (χ0v) is 92.1. The number of phenols is 4. The Hall–Kier alpha value is -13.7. The summed E-state index contributed by atoms with van der Waals surface area (Å²) < 4.78 is 27.0. The molecule has 0 radical (unpaired) electrons. The van der Waals surface area contributed by atoms with Crippen LogP contribution in [0.2, 0.25) is 0 Å². The monoisotopic (exact) mass is 2620 g/mol. The lowest BCUT2D eigenvalue weighted by atomic mass is 9.82. The summed E-state index contributed by atoms with van der Waals surface area (Å²) in [5.74, 6) is -7.14. The van der Waals surface area contributed by atoms with Crippen LogP contribution in [0.15, 0.2) is 327 Å². The summed E-state index contributed by atoms with van der Waals surface area (Å²) in [5, 5.41) is 52.7. The number of esters is 4. The molecule has 20 rings (SSSR count). The van der Waals surface area contributed by atoms with Gasteiger partial charge in [0.1, 0.15) is 73.6 Å². The molecule has 4 aliphatic rings. The Kier molecular flexibility index (Phi) is 33.2. The van der Waals surface area contributed by atoms with E-state index in [1.807, 2.05) is 121 Å². The molecule has 34 heteroatoms. The molecule has 0 saturated carbocycles. The number of hydrogen-bond acceptors (Lipinski definition) is 22. The maximum absolute atomic E-state index is 13.6. The van der Waals surface area contributed by atoms with Crippen molar-refractivity contribution in [2.45, 2.75) is 46.7 Å². The molecule has 0 aliphatic heterocycles. The van der Waals surface area contributed by atoms with Crippen molar-refractivity contribution in [3.63, 3.8) is 0 Å². The van der Waals surface area contributed by atoms with Gasteiger partial charge >= 0.3 is 23.9 Å². The third kappa shape index (κ3) is 22.1. The van der Waals surface area contributed by atoms with Crippen LogP contribution in [-0.2, 0) is 64.6 Å². The lowest BCUT2D eigenvalue weighted by Crippen LogP contribution is -3.00. The maximum Gasteiger partial charge on any atom is 0.317 e. The Morgan fingerprint density at radius 3 is 0.664 bits per heavy atom. The fourth-order valence-electron chi connectivity index (χ4n) is 17.7. The minimum absolute atomic E-state index is 0. The topological polar surface area (TPSA) is 380 Å². The van der Waals surface area contributed by atoms with Gasteiger partial charge in [0, 0.05) is 74.5 Å². The van der Waals surface area contributed by atoms with E-state index in [9.17, 15) is 78.0 Å². The average Bonchev–Trinajstić information content (AvgIpc) is 0.750. The Bertz CT molecular complexity index is 7290. The Morgan fingerprint density at radius 1 is 0.242 bits per heavy atom. The van der Waals surface area contributed by atoms with Crippen molar-refractivity contribution >= 4 is 243 Å². The predicted molar refractivity (Wildman–Crippen MR) is 579 cm³/mol. The Labute approximate surface area is 938 Å². The number of carbonyl (C=O) groups excluding carboxylic acids is 12. The van der Waals surface area contributed by atoms with Crippen molar-refractivity contribution < 1.29 is 142 Å². The van der Waals surface area contributed by atoms with E-state index >= 15 is 0 Å². The number of rotatable bonds is 24. The van der Waals surface area contributed by atoms with E-state index < -0.39 is 59.9 Å². The van der Waals surface area contributed by atoms with Crippen LogP contribution in [0.1, 0.15) is 170 Å². The molecule has 0 bridgehead atoms. The van der Waals surface area contributed by atoms with E-state index in [-0.39, 0.29) is 203 Å². The molecule has 10 N–H and O–H groups in total. The number of hydrogen-bond donors (Lipinski definition) is 8. The number of nitrogens with one attached hydrogen (secondary N) is 2. The van der Waals surface area contributed by atoms with Gasteiger partial charge in [-0.15, -0.1) is 0 Å². The molecular weight excluding hydrogens is 2560 g/mol. The highest BCUT2D eigenvalue weighted by Crippen LogP contribution is 2.48. The highest BCUT2D eigenvalue weighted by molar-refractivity contribution is 9.12. The number of nitrogens with two attached hydrogens (primary N) is 2. The molecule has 16 aromatic carbocycles. The zero-order valence-electron chi connectivity index (χ0n) is 76.2. The zero-order chi connectivity index (χ0) is 102. The number of ether oxygens (including phenoxy) is 4. The number of benzene rings is 16. The summed E-state index contributed by atoms with van der Waals surface area (Å²) in [6.07, 6.45) is -1.14. The van der Waals surface area contributed by atoms with Gasteiger partial charge in [0.15, 0.2) is 46.1 Å². The second-order valence-electron chi connectivity index (χ2n) is 34.1. The molecule has 0 heterocycles. The second-order valence-corrected chi connectivity index (χ2v) is 40.9. The van der Waals surface area contributed by atoms with Crippen LogP contribution in [0, 0.1) is 0 Å². The van der Waals surface area contributed by atoms with Gasteiger partial charge in [-0.1, -0.05) is 202 Å². The smallest absolute Gasteiger partial charge is 0.317 e. The molecule has 744 valence electrons. The molecule has 0 spiro atoms. The quantitative estimate of drug-likeness (QED) is 0.00915. The Balaban J connectivity index is 0.000000208. The molecule has 0 saturated heterocycles. The van der Waals surface area contributed by atoms with Gasteiger partial charge in [-0.2, -0.15) is 0 Å². The van der Waals surface area contributed by atoms with E-state index in [0.29, 0.717) is 104 Å². The molecular formula is C115H74Br10N4O20. The van der Waals surface area contributed by atoms with Crippen LogP contribution in [0.25, 0.3) is 44.5 Å². The largest absolute Gasteiger partial charge is 1.00 e. The first-order chi connectivity index (χ1) is 70.3. The van der Waals surface area contributed by atoms with Gasteiger partial charge in [-0.25, -0.2) is 0 Å². The molecule has 0 atom stereocenters. The number of quaternary nitrogens is 2. The molecule has 0 amide bonds. The summed E-state index contributed by atoms with van der Waals surface area (Å²) in [4.78, 5) is 158. The van der Waals surface area contributed by atoms with Crippen LogP contribution in [0.4, 0.5) is 45.5 Å². The molecule has 24 nitrogen and oxygen atoms in total. The first-order valence-electron chi connectivity index (χ1n) is 44.7. The fourth-order valence-corrected chi connectivity index (χ4v) is 23.3. The predicted octanol–water partition coefficient (Wildman–Crippen LogP) is 19.6. The average molecular weight is 2630 g/mol. The van der Waals surface area contributed by atoms with Crippen molar-refractivity contribution in [2.24, 2.45) is 0 Å². The van der Waals surface area contributed by atoms with E-state index in [2.05, 4.69) is 138 Å². The van der Waals surface area contributed by atoms with Gasteiger partial charge < -0.3 is 84.0 Å². The number of fused-ring (bicyclic) bond motifs is 8. The van der Waals surface area contributed by atoms with Crippen LogP contribution < -0.4 is 55.2 Å². The summed E-state index contributed by atoms with van der Waals surface area (Å²) >= 11 is 29.3. The lowest BCUT2D eigenvalue weighted by Gasteiger charge is -2.22. The summed E-state index contributed by atoms with van der Waals surface area (Å²) in [6, 6.07) is 82.8. The molecule has 149 heavy (non-hydrogen) atoms. The van der Waals surface area contributed by atoms with E-state index in [0.717, 1.165) is 44.5 Å². The number of halogens is 10. The van der Waals surface area contributed by atoms with Crippen LogP contribution in [-0.4, -0.2) is 90.6 Å². The van der Waals surface area contributed by atoms with Crippen molar-refractivity contribution in [1.82, 2.24) is 0 Å². The van der Waals surface area contributed by atoms with Crippen LogP contribution in [0.5, 0.6) is 23.0 Å². The molecule has 0 unspecified atom stereocenters. The number of aromatic hydroxyl groups is 4. The number of anilines is 4. The highest BCUT2D eigenvalue weighted by Gasteiger charge is 2.41. The van der Waals surface area contributed by atoms with Gasteiger partial charge in [-0.05, 0) is 279 Å². The number of ketones is 8. The van der Waals surface area contributed by atoms with Gasteiger partial charge in [-0.3, -0.25) is 68.2 Å². The minimum Gasteiger partial charge on any atom is -1.00 e. The minimum atomic E-state index is -0.740. The van der Waals surface area contributed by atoms with Crippen LogP contribution in [0.3, 0.4) is 0 Å².